The third-order valence-corrected chi connectivity index (χ3v) is 8.01. The van der Waals surface area contributed by atoms with Crippen molar-refractivity contribution in [2.75, 3.05) is 31.3 Å². The van der Waals surface area contributed by atoms with Gasteiger partial charge < -0.3 is 19.7 Å². The van der Waals surface area contributed by atoms with Crippen LogP contribution in [0.1, 0.15) is 31.4 Å². The van der Waals surface area contributed by atoms with Gasteiger partial charge in [0.2, 0.25) is 21.8 Å². The van der Waals surface area contributed by atoms with Crippen molar-refractivity contribution >= 4 is 27.5 Å². The minimum atomic E-state index is -3.96. The Morgan fingerprint density at radius 1 is 0.929 bits per heavy atom. The molecule has 3 aromatic carbocycles. The lowest BCUT2D eigenvalue weighted by Crippen LogP contribution is -2.54. The summed E-state index contributed by atoms with van der Waals surface area (Å²) in [6.45, 7) is 3.17. The first-order chi connectivity index (χ1) is 20.0. The predicted octanol–water partition coefficient (Wildman–Crippen LogP) is 4.16. The molecule has 0 spiro atoms. The number of benzene rings is 3. The molecule has 0 fully saturated rings. The molecule has 0 aliphatic carbocycles. The first-order valence-electron chi connectivity index (χ1n) is 13.5. The number of hydrogen-bond acceptors (Lipinski definition) is 6. The summed E-state index contributed by atoms with van der Waals surface area (Å²) in [7, 11) is -1.08. The van der Waals surface area contributed by atoms with Gasteiger partial charge in [-0.3, -0.25) is 13.9 Å². The molecule has 0 saturated heterocycles. The number of rotatable bonds is 14. The Balaban J connectivity index is 2.07. The van der Waals surface area contributed by atoms with E-state index in [2.05, 4.69) is 5.32 Å². The fourth-order valence-corrected chi connectivity index (χ4v) is 5.22. The van der Waals surface area contributed by atoms with Gasteiger partial charge in [-0.15, -0.1) is 0 Å². The van der Waals surface area contributed by atoms with E-state index in [1.807, 2.05) is 44.2 Å². The maximum atomic E-state index is 14.1. The third-order valence-electron chi connectivity index (χ3n) is 6.87. The Morgan fingerprint density at radius 3 is 2.14 bits per heavy atom. The summed E-state index contributed by atoms with van der Waals surface area (Å²) in [6.07, 6.45) is 1.86. The van der Waals surface area contributed by atoms with Crippen molar-refractivity contribution in [3.05, 3.63) is 89.7 Å². The van der Waals surface area contributed by atoms with Crippen molar-refractivity contribution in [3.63, 3.8) is 0 Å². The van der Waals surface area contributed by atoms with Crippen LogP contribution in [0.2, 0.25) is 0 Å². The Morgan fingerprint density at radius 2 is 1.57 bits per heavy atom. The van der Waals surface area contributed by atoms with Gasteiger partial charge in [0.15, 0.2) is 11.5 Å². The summed E-state index contributed by atoms with van der Waals surface area (Å²) in [6, 6.07) is 18.3. The number of halogens is 1. The summed E-state index contributed by atoms with van der Waals surface area (Å²) in [4.78, 5) is 29.2. The molecule has 0 bridgehead atoms. The van der Waals surface area contributed by atoms with Crippen molar-refractivity contribution in [1.29, 1.82) is 0 Å². The zero-order chi connectivity index (χ0) is 30.9. The summed E-state index contributed by atoms with van der Waals surface area (Å²) in [5.41, 5.74) is 1.59. The highest BCUT2D eigenvalue weighted by Crippen LogP contribution is 2.32. The fraction of sp³-hybridized carbons (Fsp3) is 0.355. The zero-order valence-corrected chi connectivity index (χ0v) is 25.4. The van der Waals surface area contributed by atoms with Crippen LogP contribution in [-0.4, -0.2) is 64.2 Å². The van der Waals surface area contributed by atoms with Crippen LogP contribution in [0.3, 0.4) is 0 Å². The van der Waals surface area contributed by atoms with Crippen LogP contribution >= 0.6 is 0 Å². The van der Waals surface area contributed by atoms with E-state index < -0.39 is 34.3 Å². The number of methoxy groups -OCH3 is 2. The summed E-state index contributed by atoms with van der Waals surface area (Å²) in [5.74, 6) is -0.748. The maximum Gasteiger partial charge on any atom is 0.244 e. The third kappa shape index (κ3) is 8.69. The fourth-order valence-electron chi connectivity index (χ4n) is 4.38. The first kappa shape index (κ1) is 32.4. The van der Waals surface area contributed by atoms with Crippen molar-refractivity contribution in [2.45, 2.75) is 45.3 Å². The average molecular weight is 600 g/mol. The molecule has 0 radical (unpaired) electrons. The number of nitrogens with zero attached hydrogens (tertiary/aromatic N) is 2. The highest BCUT2D eigenvalue weighted by Gasteiger charge is 2.33. The molecule has 0 aliphatic rings. The van der Waals surface area contributed by atoms with Gasteiger partial charge in [-0.25, -0.2) is 12.8 Å². The van der Waals surface area contributed by atoms with Gasteiger partial charge in [0.1, 0.15) is 18.4 Å². The second kappa shape index (κ2) is 14.7. The van der Waals surface area contributed by atoms with Crippen LogP contribution in [0.4, 0.5) is 10.1 Å². The highest BCUT2D eigenvalue weighted by molar-refractivity contribution is 7.92. The van der Waals surface area contributed by atoms with Crippen molar-refractivity contribution in [1.82, 2.24) is 10.2 Å². The summed E-state index contributed by atoms with van der Waals surface area (Å²) in [5, 5.41) is 2.97. The molecule has 3 rings (SSSR count). The van der Waals surface area contributed by atoms with Gasteiger partial charge in [-0.05, 0) is 48.7 Å². The van der Waals surface area contributed by atoms with E-state index >= 15 is 0 Å². The minimum Gasteiger partial charge on any atom is -0.493 e. The molecule has 0 unspecified atom stereocenters. The Bertz CT molecular complexity index is 1450. The van der Waals surface area contributed by atoms with Crippen LogP contribution < -0.4 is 19.1 Å². The van der Waals surface area contributed by atoms with Crippen LogP contribution in [-0.2, 0) is 32.6 Å². The lowest BCUT2D eigenvalue weighted by molar-refractivity contribution is -0.140. The second-order valence-electron chi connectivity index (χ2n) is 9.98. The Labute approximate surface area is 247 Å². The molecular weight excluding hydrogens is 561 g/mol. The number of sulfonamides is 1. The molecule has 226 valence electrons. The Hall–Kier alpha value is -4.12. The number of carbonyl (C=O) groups excluding carboxylic acids is 2. The maximum absolute atomic E-state index is 14.1. The smallest absolute Gasteiger partial charge is 0.244 e. The van der Waals surface area contributed by atoms with Crippen molar-refractivity contribution < 1.29 is 31.9 Å². The molecule has 0 aliphatic heterocycles. The van der Waals surface area contributed by atoms with E-state index in [1.54, 1.807) is 6.07 Å². The SMILES string of the molecule is CC[C@@H](C)NC(=O)[C@H](Cc1ccccc1)N(Cc1ccc(F)cc1)C(=O)CN(c1ccc(OC)c(OC)c1)S(C)(=O)=O. The van der Waals surface area contributed by atoms with E-state index in [9.17, 15) is 22.4 Å². The average Bonchev–Trinajstić information content (AvgIpc) is 2.97. The van der Waals surface area contributed by atoms with Crippen LogP contribution in [0, 0.1) is 5.82 Å². The molecule has 0 heterocycles. The van der Waals surface area contributed by atoms with Gasteiger partial charge in [0.25, 0.3) is 0 Å². The van der Waals surface area contributed by atoms with Crippen molar-refractivity contribution in [2.24, 2.45) is 0 Å². The first-order valence-corrected chi connectivity index (χ1v) is 15.4. The number of anilines is 1. The van der Waals surface area contributed by atoms with E-state index in [0.717, 1.165) is 16.1 Å². The van der Waals surface area contributed by atoms with Crippen LogP contribution in [0.25, 0.3) is 0 Å². The highest BCUT2D eigenvalue weighted by atomic mass is 32.2. The van der Waals surface area contributed by atoms with Gasteiger partial charge in [-0.1, -0.05) is 49.4 Å². The molecular formula is C31H38FN3O6S. The molecule has 0 saturated carbocycles. The normalized spacial score (nSPS) is 12.6. The van der Waals surface area contributed by atoms with Gasteiger partial charge >= 0.3 is 0 Å². The Kier molecular flexibility index (Phi) is 11.3. The minimum absolute atomic E-state index is 0.0475. The quantitative estimate of drug-likeness (QED) is 0.298. The van der Waals surface area contributed by atoms with E-state index in [-0.39, 0.29) is 36.4 Å². The van der Waals surface area contributed by atoms with E-state index in [4.69, 9.17) is 9.47 Å². The summed E-state index contributed by atoms with van der Waals surface area (Å²) >= 11 is 0. The standard InChI is InChI=1S/C31H38FN3O6S/c1-6-22(2)33-31(37)27(18-23-10-8-7-9-11-23)34(20-24-12-14-25(32)15-13-24)30(36)21-35(42(5,38)39)26-16-17-28(40-3)29(19-26)41-4/h7-17,19,22,27H,6,18,20-21H2,1-5H3,(H,33,37)/t22-,27+/m1/s1. The number of ether oxygens (including phenoxy) is 2. The van der Waals surface area contributed by atoms with Gasteiger partial charge in [0, 0.05) is 25.1 Å². The summed E-state index contributed by atoms with van der Waals surface area (Å²) < 4.78 is 51.2. The van der Waals surface area contributed by atoms with E-state index in [1.165, 1.54) is 55.5 Å². The molecule has 42 heavy (non-hydrogen) atoms. The lowest BCUT2D eigenvalue weighted by atomic mass is 10.0. The van der Waals surface area contributed by atoms with E-state index in [0.29, 0.717) is 17.7 Å². The molecule has 2 atom stereocenters. The number of nitrogens with one attached hydrogen (secondary N) is 1. The number of carbonyl (C=O) groups is 2. The van der Waals surface area contributed by atoms with Crippen LogP contribution in [0.5, 0.6) is 11.5 Å². The number of amides is 2. The predicted molar refractivity (Wildman–Crippen MR) is 161 cm³/mol. The number of hydrogen-bond donors (Lipinski definition) is 1. The molecule has 0 aromatic heterocycles. The van der Waals surface area contributed by atoms with Gasteiger partial charge in [0.05, 0.1) is 26.2 Å². The monoisotopic (exact) mass is 599 g/mol. The van der Waals surface area contributed by atoms with Gasteiger partial charge in [-0.2, -0.15) is 0 Å². The molecule has 1 N–H and O–H groups in total. The lowest BCUT2D eigenvalue weighted by Gasteiger charge is -2.34. The molecule has 3 aromatic rings. The second-order valence-corrected chi connectivity index (χ2v) is 11.9. The molecule has 2 amide bonds. The molecule has 11 heteroatoms. The van der Waals surface area contributed by atoms with Crippen molar-refractivity contribution in [3.8, 4) is 11.5 Å². The molecule has 9 nitrogen and oxygen atoms in total. The topological polar surface area (TPSA) is 105 Å². The largest absolute Gasteiger partial charge is 0.493 e. The zero-order valence-electron chi connectivity index (χ0n) is 24.5. The van der Waals surface area contributed by atoms with Crippen LogP contribution in [0.15, 0.2) is 72.8 Å².